The molecule has 0 spiro atoms. The van der Waals surface area contributed by atoms with E-state index >= 15 is 0 Å². The Balaban J connectivity index is 1.47. The van der Waals surface area contributed by atoms with Gasteiger partial charge < -0.3 is 9.97 Å². The van der Waals surface area contributed by atoms with Gasteiger partial charge in [-0.3, -0.25) is 0 Å². The second-order valence-corrected chi connectivity index (χ2v) is 33.7. The molecule has 5 aromatic carbocycles. The van der Waals surface area contributed by atoms with E-state index in [4.69, 9.17) is 19.9 Å². The van der Waals surface area contributed by atoms with Gasteiger partial charge in [0.1, 0.15) is 11.0 Å². The zero-order chi connectivity index (χ0) is 64.0. The summed E-state index contributed by atoms with van der Waals surface area (Å²) in [4.78, 5) is 31.8. The van der Waals surface area contributed by atoms with Crippen LogP contribution in [0.25, 0.3) is 113 Å². The lowest BCUT2D eigenvalue weighted by Gasteiger charge is -2.26. The fraction of sp³-hybridized carbons (Fsp3) is 0.390. The Hall–Kier alpha value is -7.70. The van der Waals surface area contributed by atoms with Crippen LogP contribution in [-0.4, -0.2) is 29.9 Å². The SMILES string of the molecule is CC(C)(C)c1cc(-c2c3nc(c(-c4cc(C(C)(C)C)cc(C(C)(C)C)c4)c4[nH]c(c(-c5cc(C(C)(C)C)cc(C(C)(C)C)c5)c5nc(c(-c6cc(C(C)(C)C)cc(C(C)(C)C)c6)c6ccc2[nH]6)C=C5)c2nc5ccccc5nc42)C=C3)cc(C(C)(C)C)c1. The van der Waals surface area contributed by atoms with E-state index in [2.05, 4.69) is 310 Å². The number of fused-ring (bicyclic) bond motifs is 12. The lowest BCUT2D eigenvalue weighted by Crippen LogP contribution is -2.16. The highest BCUT2D eigenvalue weighted by Gasteiger charge is 2.31. The van der Waals surface area contributed by atoms with Gasteiger partial charge in [0.25, 0.3) is 0 Å². The summed E-state index contributed by atoms with van der Waals surface area (Å²) in [6.07, 6.45) is 8.98. The number of hydrogen-bond donors (Lipinski definition) is 2. The van der Waals surface area contributed by atoms with E-state index < -0.39 is 0 Å². The largest absolute Gasteiger partial charge is 0.354 e. The van der Waals surface area contributed by atoms with E-state index in [-0.39, 0.29) is 43.3 Å². The van der Waals surface area contributed by atoms with Crippen LogP contribution in [0.5, 0.6) is 0 Å². The highest BCUT2D eigenvalue weighted by atomic mass is 14.9. The lowest BCUT2D eigenvalue weighted by molar-refractivity contribution is 0.568. The predicted octanol–water partition coefficient (Wildman–Crippen LogP) is 22.8. The molecule has 88 heavy (non-hydrogen) atoms. The molecule has 0 aliphatic carbocycles. The van der Waals surface area contributed by atoms with Crippen molar-refractivity contribution < 1.29 is 0 Å². The van der Waals surface area contributed by atoms with Crippen molar-refractivity contribution in [2.45, 2.75) is 209 Å². The predicted molar refractivity (Wildman–Crippen MR) is 381 cm³/mol. The number of aromatic amines is 2. The maximum Gasteiger partial charge on any atom is 0.116 e. The molecule has 2 aliphatic heterocycles. The third-order valence-corrected chi connectivity index (χ3v) is 18.1. The molecular weight excluding hydrogens is 1070 g/mol. The van der Waals surface area contributed by atoms with E-state index in [1.807, 2.05) is 0 Å². The molecule has 0 saturated carbocycles. The third kappa shape index (κ3) is 11.9. The first kappa shape index (κ1) is 61.9. The molecule has 0 radical (unpaired) electrons. The number of benzene rings is 5. The number of rotatable bonds is 4. The number of hydrogen-bond acceptors (Lipinski definition) is 4. The minimum absolute atomic E-state index is 0.134. The minimum atomic E-state index is -0.170. The normalized spacial score (nSPS) is 13.8. The Labute approximate surface area is 526 Å². The molecule has 8 bridgehead atoms. The molecule has 11 rings (SSSR count). The molecule has 0 atom stereocenters. The highest BCUT2D eigenvalue weighted by Crippen LogP contribution is 2.47. The quantitative estimate of drug-likeness (QED) is 0.184. The smallest absolute Gasteiger partial charge is 0.116 e. The highest BCUT2D eigenvalue weighted by molar-refractivity contribution is 6.15. The zero-order valence-corrected chi connectivity index (χ0v) is 57.5. The van der Waals surface area contributed by atoms with E-state index in [0.717, 1.165) is 111 Å². The van der Waals surface area contributed by atoms with Gasteiger partial charge in [0.2, 0.25) is 0 Å². The molecule has 6 nitrogen and oxygen atoms in total. The Morgan fingerprint density at radius 2 is 0.477 bits per heavy atom. The van der Waals surface area contributed by atoms with Crippen molar-refractivity contribution in [1.82, 2.24) is 29.9 Å². The molecule has 0 fully saturated rings. The average Bonchev–Trinajstić information content (AvgIpc) is 1.75. The molecule has 4 aromatic heterocycles. The van der Waals surface area contributed by atoms with Crippen LogP contribution in [0, 0.1) is 0 Å². The minimum Gasteiger partial charge on any atom is -0.354 e. The van der Waals surface area contributed by atoms with Crippen LogP contribution in [0.4, 0.5) is 0 Å². The number of H-pyrrole nitrogens is 2. The van der Waals surface area contributed by atoms with Gasteiger partial charge >= 0.3 is 0 Å². The van der Waals surface area contributed by atoms with E-state index in [1.165, 1.54) is 44.5 Å². The summed E-state index contributed by atoms with van der Waals surface area (Å²) < 4.78 is 0. The molecule has 6 heterocycles. The number of aromatic nitrogens is 6. The van der Waals surface area contributed by atoms with Crippen LogP contribution in [0.2, 0.25) is 0 Å². The number of para-hydroxylation sites is 2. The van der Waals surface area contributed by atoms with Crippen molar-refractivity contribution in [2.24, 2.45) is 0 Å². The maximum atomic E-state index is 5.99. The van der Waals surface area contributed by atoms with E-state index in [1.54, 1.807) is 0 Å². The lowest BCUT2D eigenvalue weighted by atomic mass is 9.78. The second kappa shape index (κ2) is 21.0. The van der Waals surface area contributed by atoms with Crippen molar-refractivity contribution in [3.05, 3.63) is 176 Å². The zero-order valence-electron chi connectivity index (χ0n) is 57.5. The molecule has 0 amide bonds. The monoisotopic (exact) mass is 1160 g/mol. The van der Waals surface area contributed by atoms with Gasteiger partial charge in [-0.15, -0.1) is 0 Å². The molecule has 0 saturated heterocycles. The standard InChI is InChI=1S/C82H96N6/c1-75(2,3)51-35-47(36-52(43-51)76(4,5)6)67-61-29-30-62(83-61)68(48-37-53(77(7,8)9)44-54(38-48)78(10,11)12)64-32-34-66(85-64)70(50-41-57(81(19,20)21)46-58(42-50)82(22,23)24)72-74-73(86-59-27-25-26-28-60(59)87-74)71(88-72)69(65-33-31-63(67)84-65)49-39-55(79(13,14)15)45-56(40-49)80(16,17)18/h25-46,83,88H,1-24H3. The maximum absolute atomic E-state index is 5.99. The van der Waals surface area contributed by atoms with Gasteiger partial charge in [0.15, 0.2) is 0 Å². The van der Waals surface area contributed by atoms with Crippen molar-refractivity contribution in [2.75, 3.05) is 0 Å². The van der Waals surface area contributed by atoms with Gasteiger partial charge in [-0.25, -0.2) is 19.9 Å². The van der Waals surface area contributed by atoms with Crippen molar-refractivity contribution in [3.63, 3.8) is 0 Å². The van der Waals surface area contributed by atoms with Crippen LogP contribution < -0.4 is 0 Å². The first-order valence-corrected chi connectivity index (χ1v) is 32.0. The van der Waals surface area contributed by atoms with E-state index in [9.17, 15) is 0 Å². The fourth-order valence-electron chi connectivity index (χ4n) is 12.2. The average molecular weight is 1170 g/mol. The second-order valence-electron chi connectivity index (χ2n) is 33.7. The number of nitrogens with one attached hydrogen (secondary N) is 2. The van der Waals surface area contributed by atoms with Crippen molar-refractivity contribution in [1.29, 1.82) is 0 Å². The van der Waals surface area contributed by atoms with Crippen LogP contribution in [0.15, 0.2) is 109 Å². The Kier molecular flexibility index (Phi) is 14.8. The number of nitrogens with zero attached hydrogens (tertiary/aromatic N) is 4. The summed E-state index contributed by atoms with van der Waals surface area (Å²) in [6, 6.07) is 41.7. The molecule has 6 heteroatoms. The summed E-state index contributed by atoms with van der Waals surface area (Å²) in [7, 11) is 0. The van der Waals surface area contributed by atoms with E-state index in [0.29, 0.717) is 0 Å². The summed E-state index contributed by atoms with van der Waals surface area (Å²) in [6.45, 7) is 55.7. The summed E-state index contributed by atoms with van der Waals surface area (Å²) >= 11 is 0. The molecular formula is C82H96N6. The van der Waals surface area contributed by atoms with Gasteiger partial charge in [-0.2, -0.15) is 0 Å². The first-order chi connectivity index (χ1) is 40.6. The van der Waals surface area contributed by atoms with Crippen LogP contribution in [0.3, 0.4) is 0 Å². The van der Waals surface area contributed by atoms with Gasteiger partial charge in [0.05, 0.1) is 44.8 Å². The van der Waals surface area contributed by atoms with Gasteiger partial charge in [-0.05, 0) is 159 Å². The molecule has 0 unspecified atom stereocenters. The summed E-state index contributed by atoms with van der Waals surface area (Å²) in [5.41, 5.74) is 27.4. The summed E-state index contributed by atoms with van der Waals surface area (Å²) in [5.74, 6) is 0. The van der Waals surface area contributed by atoms with Crippen LogP contribution in [-0.2, 0) is 43.3 Å². The van der Waals surface area contributed by atoms with Crippen molar-refractivity contribution in [3.8, 4) is 44.5 Å². The third-order valence-electron chi connectivity index (χ3n) is 18.1. The Morgan fingerprint density at radius 3 is 0.716 bits per heavy atom. The summed E-state index contributed by atoms with van der Waals surface area (Å²) in [5, 5.41) is 0. The van der Waals surface area contributed by atoms with Gasteiger partial charge in [-0.1, -0.05) is 251 Å². The molecule has 9 aromatic rings. The van der Waals surface area contributed by atoms with Gasteiger partial charge in [0, 0.05) is 33.3 Å². The van der Waals surface area contributed by atoms with Crippen LogP contribution in [0.1, 0.15) is 233 Å². The topological polar surface area (TPSA) is 83.1 Å². The van der Waals surface area contributed by atoms with Crippen molar-refractivity contribution >= 4 is 68.4 Å². The molecule has 454 valence electrons. The van der Waals surface area contributed by atoms with Crippen LogP contribution >= 0.6 is 0 Å². The fourth-order valence-corrected chi connectivity index (χ4v) is 12.2. The Morgan fingerprint density at radius 1 is 0.250 bits per heavy atom. The molecule has 2 N–H and O–H groups in total. The molecule has 2 aliphatic rings. The Bertz CT molecular complexity index is 4130. The first-order valence-electron chi connectivity index (χ1n) is 32.0.